The van der Waals surface area contributed by atoms with E-state index in [9.17, 15) is 0 Å². The van der Waals surface area contributed by atoms with E-state index in [1.807, 2.05) is 25.5 Å². The third-order valence-electron chi connectivity index (χ3n) is 2.12. The van der Waals surface area contributed by atoms with Crippen molar-refractivity contribution < 1.29 is 0 Å². The number of hydrogen-bond donors (Lipinski definition) is 1. The Morgan fingerprint density at radius 3 is 2.71 bits per heavy atom. The van der Waals surface area contributed by atoms with Gasteiger partial charge in [-0.3, -0.25) is 0 Å². The fourth-order valence-electron chi connectivity index (χ4n) is 1.30. The predicted octanol–water partition coefficient (Wildman–Crippen LogP) is 1.07. The van der Waals surface area contributed by atoms with E-state index in [4.69, 9.17) is 5.73 Å². The van der Waals surface area contributed by atoms with Crippen molar-refractivity contribution in [2.45, 2.75) is 19.8 Å². The first-order valence-electron chi connectivity index (χ1n) is 4.54. The number of aromatic nitrogens is 4. The van der Waals surface area contributed by atoms with Gasteiger partial charge in [0.1, 0.15) is 11.3 Å². The fourth-order valence-corrected chi connectivity index (χ4v) is 1.30. The topological polar surface area (TPSA) is 69.6 Å². The molecule has 0 radical (unpaired) electrons. The average Bonchev–Trinajstić information content (AvgIpc) is 2.48. The number of fused-ring (bicyclic) bond motifs is 1. The Hall–Kier alpha value is -1.65. The lowest BCUT2D eigenvalue weighted by molar-refractivity contribution is 0.777. The summed E-state index contributed by atoms with van der Waals surface area (Å²) in [6, 6.07) is 0. The minimum absolute atomic E-state index is 0.275. The molecular formula is C9H13N5. The van der Waals surface area contributed by atoms with E-state index in [1.165, 1.54) is 0 Å². The number of aryl methyl sites for hydroxylation is 1. The Labute approximate surface area is 82.0 Å². The van der Waals surface area contributed by atoms with Crippen molar-refractivity contribution in [2.75, 3.05) is 5.73 Å². The summed E-state index contributed by atoms with van der Waals surface area (Å²) in [5.41, 5.74) is 7.25. The molecule has 0 aromatic carbocycles. The molecule has 5 heteroatoms. The normalized spacial score (nSPS) is 11.4. The van der Waals surface area contributed by atoms with Gasteiger partial charge >= 0.3 is 0 Å². The molecule has 2 N–H and O–H groups in total. The SMILES string of the molecule is CC(C)c1nc(N)c2ncn(C)c2n1. The lowest BCUT2D eigenvalue weighted by Crippen LogP contribution is -2.03. The fraction of sp³-hybridized carbons (Fsp3) is 0.444. The van der Waals surface area contributed by atoms with Crippen molar-refractivity contribution in [3.63, 3.8) is 0 Å². The monoisotopic (exact) mass is 191 g/mol. The zero-order chi connectivity index (χ0) is 10.3. The van der Waals surface area contributed by atoms with Gasteiger partial charge in [-0.05, 0) is 0 Å². The lowest BCUT2D eigenvalue weighted by Gasteiger charge is -2.04. The number of anilines is 1. The van der Waals surface area contributed by atoms with Gasteiger partial charge in [0.25, 0.3) is 0 Å². The summed E-state index contributed by atoms with van der Waals surface area (Å²) >= 11 is 0. The summed E-state index contributed by atoms with van der Waals surface area (Å²) in [5.74, 6) is 1.49. The molecule has 2 aromatic rings. The van der Waals surface area contributed by atoms with Crippen molar-refractivity contribution in [2.24, 2.45) is 7.05 Å². The molecule has 2 heterocycles. The van der Waals surface area contributed by atoms with Crippen LogP contribution in [0.25, 0.3) is 11.2 Å². The second-order valence-corrected chi connectivity index (χ2v) is 3.65. The summed E-state index contributed by atoms with van der Waals surface area (Å²) in [5, 5.41) is 0. The highest BCUT2D eigenvalue weighted by molar-refractivity contribution is 5.81. The Morgan fingerprint density at radius 1 is 1.36 bits per heavy atom. The highest BCUT2D eigenvalue weighted by Crippen LogP contribution is 2.18. The largest absolute Gasteiger partial charge is 0.382 e. The van der Waals surface area contributed by atoms with E-state index >= 15 is 0 Å². The van der Waals surface area contributed by atoms with E-state index < -0.39 is 0 Å². The molecule has 0 aliphatic carbocycles. The molecule has 0 amide bonds. The van der Waals surface area contributed by atoms with Crippen LogP contribution in [0.3, 0.4) is 0 Å². The van der Waals surface area contributed by atoms with Crippen LogP contribution >= 0.6 is 0 Å². The average molecular weight is 191 g/mol. The van der Waals surface area contributed by atoms with Crippen LogP contribution in [0.5, 0.6) is 0 Å². The predicted molar refractivity (Wildman–Crippen MR) is 54.8 cm³/mol. The smallest absolute Gasteiger partial charge is 0.165 e. The van der Waals surface area contributed by atoms with Crippen LogP contribution in [0.15, 0.2) is 6.33 Å². The van der Waals surface area contributed by atoms with E-state index in [0.29, 0.717) is 11.3 Å². The van der Waals surface area contributed by atoms with E-state index in [1.54, 1.807) is 6.33 Å². The first kappa shape index (κ1) is 8.93. The Balaban J connectivity index is 2.75. The molecule has 0 aliphatic rings. The summed E-state index contributed by atoms with van der Waals surface area (Å²) in [7, 11) is 1.89. The number of nitrogens with zero attached hydrogens (tertiary/aromatic N) is 4. The molecule has 0 aliphatic heterocycles. The van der Waals surface area contributed by atoms with Gasteiger partial charge in [-0.15, -0.1) is 0 Å². The molecule has 2 rings (SSSR count). The highest BCUT2D eigenvalue weighted by atomic mass is 15.1. The first-order chi connectivity index (χ1) is 6.59. The summed E-state index contributed by atoms with van der Waals surface area (Å²) in [6.07, 6.45) is 1.69. The van der Waals surface area contributed by atoms with Gasteiger partial charge in [-0.25, -0.2) is 15.0 Å². The molecule has 0 saturated carbocycles. The van der Waals surface area contributed by atoms with Crippen LogP contribution < -0.4 is 5.73 Å². The van der Waals surface area contributed by atoms with Gasteiger partial charge in [0.05, 0.1) is 6.33 Å². The molecule has 0 saturated heterocycles. The minimum atomic E-state index is 0.275. The van der Waals surface area contributed by atoms with Crippen molar-refractivity contribution in [1.82, 2.24) is 19.5 Å². The Kier molecular flexibility index (Phi) is 1.87. The van der Waals surface area contributed by atoms with Gasteiger partial charge in [0.2, 0.25) is 0 Å². The Bertz CT molecular complexity index is 471. The van der Waals surface area contributed by atoms with Crippen LogP contribution in [0, 0.1) is 0 Å². The number of imidazole rings is 1. The number of nitrogens with two attached hydrogens (primary N) is 1. The number of rotatable bonds is 1. The van der Waals surface area contributed by atoms with Gasteiger partial charge < -0.3 is 10.3 Å². The van der Waals surface area contributed by atoms with E-state index in [-0.39, 0.29) is 5.92 Å². The van der Waals surface area contributed by atoms with Crippen molar-refractivity contribution in [1.29, 1.82) is 0 Å². The van der Waals surface area contributed by atoms with E-state index in [2.05, 4.69) is 15.0 Å². The quantitative estimate of drug-likeness (QED) is 0.732. The summed E-state index contributed by atoms with van der Waals surface area (Å²) in [4.78, 5) is 12.7. The van der Waals surface area contributed by atoms with Gasteiger partial charge in [-0.2, -0.15) is 0 Å². The molecule has 5 nitrogen and oxygen atoms in total. The number of nitrogen functional groups attached to an aromatic ring is 1. The van der Waals surface area contributed by atoms with Gasteiger partial charge in [-0.1, -0.05) is 13.8 Å². The number of hydrogen-bond acceptors (Lipinski definition) is 4. The van der Waals surface area contributed by atoms with Crippen LogP contribution in [0.1, 0.15) is 25.6 Å². The van der Waals surface area contributed by atoms with Crippen LogP contribution in [-0.4, -0.2) is 19.5 Å². The molecule has 0 spiro atoms. The summed E-state index contributed by atoms with van der Waals surface area (Å²) < 4.78 is 1.85. The molecule has 2 aromatic heterocycles. The maximum Gasteiger partial charge on any atom is 0.165 e. The maximum atomic E-state index is 5.78. The van der Waals surface area contributed by atoms with Gasteiger partial charge in [0, 0.05) is 13.0 Å². The zero-order valence-corrected chi connectivity index (χ0v) is 8.52. The minimum Gasteiger partial charge on any atom is -0.382 e. The second kappa shape index (κ2) is 2.94. The van der Waals surface area contributed by atoms with Crippen LogP contribution in [0.2, 0.25) is 0 Å². The molecule has 0 bridgehead atoms. The molecule has 74 valence electrons. The molecule has 14 heavy (non-hydrogen) atoms. The van der Waals surface area contributed by atoms with Crippen LogP contribution in [0.4, 0.5) is 5.82 Å². The molecule has 0 fully saturated rings. The maximum absolute atomic E-state index is 5.78. The Morgan fingerprint density at radius 2 is 2.07 bits per heavy atom. The lowest BCUT2D eigenvalue weighted by atomic mass is 10.2. The molecule has 0 atom stereocenters. The molecule has 0 unspecified atom stereocenters. The van der Waals surface area contributed by atoms with Crippen molar-refractivity contribution in [3.8, 4) is 0 Å². The second-order valence-electron chi connectivity index (χ2n) is 3.65. The highest BCUT2D eigenvalue weighted by Gasteiger charge is 2.11. The standard InChI is InChI=1S/C9H13N5/c1-5(2)8-12-7(10)6-9(13-8)14(3)4-11-6/h4-5H,1-3H3,(H2,10,12,13). The third kappa shape index (κ3) is 1.21. The first-order valence-corrected chi connectivity index (χ1v) is 4.54. The van der Waals surface area contributed by atoms with Gasteiger partial charge in [0.15, 0.2) is 11.5 Å². The van der Waals surface area contributed by atoms with Crippen molar-refractivity contribution in [3.05, 3.63) is 12.2 Å². The molecular weight excluding hydrogens is 178 g/mol. The zero-order valence-electron chi connectivity index (χ0n) is 8.52. The van der Waals surface area contributed by atoms with Crippen molar-refractivity contribution >= 4 is 17.0 Å². The van der Waals surface area contributed by atoms with Crippen LogP contribution in [-0.2, 0) is 7.05 Å². The van der Waals surface area contributed by atoms with E-state index in [0.717, 1.165) is 11.5 Å². The summed E-state index contributed by atoms with van der Waals surface area (Å²) in [6.45, 7) is 4.08. The third-order valence-corrected chi connectivity index (χ3v) is 2.12.